The maximum absolute atomic E-state index is 11.8. The fraction of sp³-hybridized carbons (Fsp3) is 0.176. The van der Waals surface area contributed by atoms with Crippen molar-refractivity contribution in [3.05, 3.63) is 65.2 Å². The third kappa shape index (κ3) is 4.45. The molecule has 0 aliphatic rings. The number of esters is 1. The lowest BCUT2D eigenvalue weighted by Crippen LogP contribution is -2.21. The monoisotopic (exact) mass is 283 g/mol. The van der Waals surface area contributed by atoms with E-state index >= 15 is 0 Å². The highest BCUT2D eigenvalue weighted by Gasteiger charge is 2.10. The molecule has 0 heterocycles. The molecule has 4 heteroatoms. The number of ether oxygens (including phenoxy) is 1. The van der Waals surface area contributed by atoms with Gasteiger partial charge in [-0.1, -0.05) is 24.3 Å². The van der Waals surface area contributed by atoms with Gasteiger partial charge in [0.1, 0.15) is 0 Å². The van der Waals surface area contributed by atoms with Crippen LogP contribution >= 0.6 is 0 Å². The summed E-state index contributed by atoms with van der Waals surface area (Å²) in [6.45, 7) is 3.61. The minimum atomic E-state index is -0.508. The number of nitrogens with one attached hydrogen (secondary N) is 1. The zero-order chi connectivity index (χ0) is 15.2. The molecular weight excluding hydrogens is 266 g/mol. The van der Waals surface area contributed by atoms with E-state index < -0.39 is 5.97 Å². The highest BCUT2D eigenvalue weighted by atomic mass is 16.5. The molecule has 1 N–H and O–H groups in total. The van der Waals surface area contributed by atoms with E-state index in [4.69, 9.17) is 4.74 Å². The van der Waals surface area contributed by atoms with E-state index in [1.54, 1.807) is 24.3 Å². The first-order chi connectivity index (χ1) is 10.0. The SMILES string of the molecule is Cc1cc(C)cc(NC(=O)COC(=O)c2ccccc2)c1. The molecule has 0 aliphatic carbocycles. The van der Waals surface area contributed by atoms with E-state index in [1.807, 2.05) is 38.1 Å². The summed E-state index contributed by atoms with van der Waals surface area (Å²) in [4.78, 5) is 23.5. The van der Waals surface area contributed by atoms with Crippen molar-refractivity contribution in [3.8, 4) is 0 Å². The van der Waals surface area contributed by atoms with Crippen LogP contribution in [0.3, 0.4) is 0 Å². The lowest BCUT2D eigenvalue weighted by molar-refractivity contribution is -0.119. The normalized spacial score (nSPS) is 10.0. The Bertz CT molecular complexity index is 630. The van der Waals surface area contributed by atoms with Crippen molar-refractivity contribution >= 4 is 17.6 Å². The summed E-state index contributed by atoms with van der Waals surface area (Å²) in [6.07, 6.45) is 0. The van der Waals surface area contributed by atoms with Crippen molar-refractivity contribution < 1.29 is 14.3 Å². The number of amides is 1. The first-order valence-corrected chi connectivity index (χ1v) is 6.65. The molecule has 0 spiro atoms. The molecule has 2 aromatic carbocycles. The van der Waals surface area contributed by atoms with Gasteiger partial charge in [-0.3, -0.25) is 4.79 Å². The van der Waals surface area contributed by atoms with Crippen LogP contribution in [0.2, 0.25) is 0 Å². The summed E-state index contributed by atoms with van der Waals surface area (Å²) in [6, 6.07) is 14.3. The van der Waals surface area contributed by atoms with E-state index in [1.165, 1.54) is 0 Å². The van der Waals surface area contributed by atoms with Gasteiger partial charge in [0.15, 0.2) is 6.61 Å². The Balaban J connectivity index is 1.89. The summed E-state index contributed by atoms with van der Waals surface area (Å²) in [5.41, 5.74) is 3.25. The van der Waals surface area contributed by atoms with Crippen molar-refractivity contribution in [1.29, 1.82) is 0 Å². The smallest absolute Gasteiger partial charge is 0.338 e. The molecule has 4 nitrogen and oxygen atoms in total. The van der Waals surface area contributed by atoms with Crippen molar-refractivity contribution in [3.63, 3.8) is 0 Å². The third-order valence-corrected chi connectivity index (χ3v) is 2.85. The zero-order valence-electron chi connectivity index (χ0n) is 12.1. The van der Waals surface area contributed by atoms with Gasteiger partial charge >= 0.3 is 5.97 Å². The second kappa shape index (κ2) is 6.70. The van der Waals surface area contributed by atoms with E-state index in [-0.39, 0.29) is 12.5 Å². The van der Waals surface area contributed by atoms with Crippen molar-refractivity contribution in [2.45, 2.75) is 13.8 Å². The Morgan fingerprint density at radius 1 is 1.00 bits per heavy atom. The van der Waals surface area contributed by atoms with Crippen LogP contribution in [0.5, 0.6) is 0 Å². The second-order valence-corrected chi connectivity index (χ2v) is 4.87. The fourth-order valence-electron chi connectivity index (χ4n) is 2.03. The highest BCUT2D eigenvalue weighted by molar-refractivity contribution is 5.95. The molecule has 2 rings (SSSR count). The molecule has 0 atom stereocenters. The summed E-state index contributed by atoms with van der Waals surface area (Å²) >= 11 is 0. The predicted octanol–water partition coefficient (Wildman–Crippen LogP) is 3.10. The lowest BCUT2D eigenvalue weighted by atomic mass is 10.1. The largest absolute Gasteiger partial charge is 0.452 e. The number of hydrogen-bond donors (Lipinski definition) is 1. The Morgan fingerprint density at radius 3 is 2.24 bits per heavy atom. The summed E-state index contributed by atoms with van der Waals surface area (Å²) in [5.74, 6) is -0.865. The molecule has 108 valence electrons. The molecule has 21 heavy (non-hydrogen) atoms. The quantitative estimate of drug-likeness (QED) is 0.877. The van der Waals surface area contributed by atoms with Crippen LogP contribution in [0.25, 0.3) is 0 Å². The standard InChI is InChI=1S/C17H17NO3/c1-12-8-13(2)10-15(9-12)18-16(19)11-21-17(20)14-6-4-3-5-7-14/h3-10H,11H2,1-2H3,(H,18,19). The maximum Gasteiger partial charge on any atom is 0.338 e. The number of anilines is 1. The minimum absolute atomic E-state index is 0.305. The predicted molar refractivity (Wildman–Crippen MR) is 81.3 cm³/mol. The van der Waals surface area contributed by atoms with Crippen LogP contribution in [0.1, 0.15) is 21.5 Å². The Morgan fingerprint density at radius 2 is 1.62 bits per heavy atom. The van der Waals surface area contributed by atoms with Crippen LogP contribution in [0, 0.1) is 13.8 Å². The van der Waals surface area contributed by atoms with Gasteiger partial charge in [-0.05, 0) is 49.2 Å². The van der Waals surface area contributed by atoms with Gasteiger partial charge in [0, 0.05) is 5.69 Å². The van der Waals surface area contributed by atoms with E-state index in [0.717, 1.165) is 11.1 Å². The second-order valence-electron chi connectivity index (χ2n) is 4.87. The molecule has 0 saturated carbocycles. The third-order valence-electron chi connectivity index (χ3n) is 2.85. The lowest BCUT2D eigenvalue weighted by Gasteiger charge is -2.08. The number of aryl methyl sites for hydroxylation is 2. The van der Waals surface area contributed by atoms with Crippen LogP contribution < -0.4 is 5.32 Å². The molecular formula is C17H17NO3. The zero-order valence-corrected chi connectivity index (χ0v) is 12.1. The molecule has 1 amide bonds. The van der Waals surface area contributed by atoms with Crippen LogP contribution in [0.4, 0.5) is 5.69 Å². The van der Waals surface area contributed by atoms with E-state index in [2.05, 4.69) is 5.32 Å². The van der Waals surface area contributed by atoms with E-state index in [0.29, 0.717) is 11.3 Å². The van der Waals surface area contributed by atoms with Gasteiger partial charge in [0.05, 0.1) is 5.56 Å². The van der Waals surface area contributed by atoms with Crippen LogP contribution in [-0.2, 0) is 9.53 Å². The average Bonchev–Trinajstić information content (AvgIpc) is 2.44. The van der Waals surface area contributed by atoms with Gasteiger partial charge in [0.2, 0.25) is 0 Å². The summed E-state index contributed by atoms with van der Waals surface area (Å²) in [5, 5.41) is 2.71. The number of benzene rings is 2. The van der Waals surface area contributed by atoms with E-state index in [9.17, 15) is 9.59 Å². The number of hydrogen-bond acceptors (Lipinski definition) is 3. The van der Waals surface area contributed by atoms with Crippen molar-refractivity contribution in [2.75, 3.05) is 11.9 Å². The van der Waals surface area contributed by atoms with Gasteiger partial charge < -0.3 is 10.1 Å². The average molecular weight is 283 g/mol. The van der Waals surface area contributed by atoms with Gasteiger partial charge in [-0.2, -0.15) is 0 Å². The van der Waals surface area contributed by atoms with Gasteiger partial charge in [-0.25, -0.2) is 4.79 Å². The maximum atomic E-state index is 11.8. The molecule has 0 aliphatic heterocycles. The molecule has 0 aromatic heterocycles. The van der Waals surface area contributed by atoms with Gasteiger partial charge in [0.25, 0.3) is 5.91 Å². The molecule has 0 unspecified atom stereocenters. The highest BCUT2D eigenvalue weighted by Crippen LogP contribution is 2.13. The molecule has 0 saturated heterocycles. The minimum Gasteiger partial charge on any atom is -0.452 e. The van der Waals surface area contributed by atoms with Crippen molar-refractivity contribution in [1.82, 2.24) is 0 Å². The Kier molecular flexibility index (Phi) is 4.72. The molecule has 0 radical (unpaired) electrons. The summed E-state index contributed by atoms with van der Waals surface area (Å²) in [7, 11) is 0. The number of carbonyl (C=O) groups excluding carboxylic acids is 2. The molecule has 0 bridgehead atoms. The number of rotatable bonds is 4. The first-order valence-electron chi connectivity index (χ1n) is 6.65. The molecule has 2 aromatic rings. The van der Waals surface area contributed by atoms with Crippen LogP contribution in [-0.4, -0.2) is 18.5 Å². The van der Waals surface area contributed by atoms with Gasteiger partial charge in [-0.15, -0.1) is 0 Å². The fourth-order valence-corrected chi connectivity index (χ4v) is 2.03. The Hall–Kier alpha value is -2.62. The summed E-state index contributed by atoms with van der Waals surface area (Å²) < 4.78 is 4.97. The Labute approximate surface area is 123 Å². The van der Waals surface area contributed by atoms with Crippen LogP contribution in [0.15, 0.2) is 48.5 Å². The topological polar surface area (TPSA) is 55.4 Å². The van der Waals surface area contributed by atoms with Crippen molar-refractivity contribution in [2.24, 2.45) is 0 Å². The first kappa shape index (κ1) is 14.8. The molecule has 0 fully saturated rings. The number of carbonyl (C=O) groups is 2.